The van der Waals surface area contributed by atoms with Gasteiger partial charge < -0.3 is 63.1 Å². The van der Waals surface area contributed by atoms with Gasteiger partial charge >= 0.3 is 0 Å². The molecule has 0 aromatic rings. The monoisotopic (exact) mass is 749 g/mol. The molecule has 1 fully saturated rings. The molecule has 304 valence electrons. The van der Waals surface area contributed by atoms with Gasteiger partial charge in [0.25, 0.3) is 0 Å². The van der Waals surface area contributed by atoms with Crippen LogP contribution in [0.2, 0.25) is 0 Å². The molecule has 0 aromatic heterocycles. The molecule has 20 nitrogen and oxygen atoms in total. The van der Waals surface area contributed by atoms with E-state index in [0.29, 0.717) is 158 Å². The van der Waals surface area contributed by atoms with E-state index in [4.69, 9.17) is 41.9 Å². The van der Waals surface area contributed by atoms with Gasteiger partial charge in [0.1, 0.15) is 0 Å². The quantitative estimate of drug-likeness (QED) is 0.0346. The number of hydrogen-bond donors (Lipinski definition) is 8. The molecule has 0 radical (unpaired) electrons. The van der Waals surface area contributed by atoms with Crippen molar-refractivity contribution in [1.82, 2.24) is 40.9 Å². The molecule has 52 heavy (non-hydrogen) atoms. The van der Waals surface area contributed by atoms with E-state index in [2.05, 4.69) is 21.3 Å². The average molecular weight is 749 g/mol. The highest BCUT2D eigenvalue weighted by Gasteiger charge is 2.21. The zero-order chi connectivity index (χ0) is 38.1. The van der Waals surface area contributed by atoms with Crippen LogP contribution in [0, 0.1) is 0 Å². The molecule has 0 saturated carbocycles. The normalized spacial score (nSPS) is 15.8. The molecule has 0 aliphatic carbocycles. The lowest BCUT2D eigenvalue weighted by atomic mass is 10.3. The minimum atomic E-state index is -0.155. The van der Waals surface area contributed by atoms with Gasteiger partial charge in [0, 0.05) is 105 Å². The number of carbonyl (C=O) groups excluding carboxylic acids is 4. The zero-order valence-corrected chi connectivity index (χ0v) is 31.2. The molecule has 1 saturated heterocycles. The van der Waals surface area contributed by atoms with Crippen LogP contribution in [0.25, 0.3) is 0 Å². The van der Waals surface area contributed by atoms with Crippen molar-refractivity contribution in [1.29, 1.82) is 0 Å². The highest BCUT2D eigenvalue weighted by atomic mass is 16.5. The van der Waals surface area contributed by atoms with Crippen molar-refractivity contribution >= 4 is 23.6 Å². The van der Waals surface area contributed by atoms with Gasteiger partial charge in [0.05, 0.1) is 79.0 Å². The molecular weight excluding hydrogens is 680 g/mol. The molecule has 1 heterocycles. The third kappa shape index (κ3) is 27.1. The van der Waals surface area contributed by atoms with E-state index in [-0.39, 0.29) is 49.8 Å². The summed E-state index contributed by atoms with van der Waals surface area (Å²) in [5, 5.41) is 11.5. The third-order valence-corrected chi connectivity index (χ3v) is 7.72. The Bertz CT molecular complexity index is 782. The molecule has 20 heteroatoms. The van der Waals surface area contributed by atoms with Crippen molar-refractivity contribution in [2.24, 2.45) is 22.9 Å². The molecule has 0 unspecified atom stereocenters. The predicted octanol–water partition coefficient (Wildman–Crippen LogP) is -6.43. The molecular formula is C32H68N12O8. The molecule has 4 amide bonds. The third-order valence-electron chi connectivity index (χ3n) is 7.72. The first-order valence-electron chi connectivity index (χ1n) is 18.4. The van der Waals surface area contributed by atoms with E-state index in [1.165, 1.54) is 0 Å². The van der Waals surface area contributed by atoms with E-state index in [9.17, 15) is 19.2 Å². The number of nitrogens with zero attached hydrogens (tertiary/aromatic N) is 4. The standard InChI is InChI=1S/C32H68N12O8/c33-1-17-49-21-5-37-29(45)25-41-9-11-42(26-30(46)38-6-22-50-18-2-34)13-15-44(28-32(48)40-8-24-52-20-4-36)16-14-43(12-10-41)27-31(47)39-7-23-51-19-3-35/h1-28,33-36H2,(H,37,45)(H,38,46)(H,39,47)(H,40,48). The summed E-state index contributed by atoms with van der Waals surface area (Å²) in [6, 6.07) is 0. The van der Waals surface area contributed by atoms with Gasteiger partial charge in [-0.25, -0.2) is 0 Å². The largest absolute Gasteiger partial charge is 0.378 e. The fourth-order valence-corrected chi connectivity index (χ4v) is 5.04. The smallest absolute Gasteiger partial charge is 0.234 e. The Balaban J connectivity index is 3.04. The molecule has 0 aromatic carbocycles. The summed E-state index contributed by atoms with van der Waals surface area (Å²) in [7, 11) is 0. The summed E-state index contributed by atoms with van der Waals surface area (Å²) in [4.78, 5) is 59.7. The van der Waals surface area contributed by atoms with Crippen LogP contribution < -0.4 is 44.2 Å². The lowest BCUT2D eigenvalue weighted by molar-refractivity contribution is -0.125. The van der Waals surface area contributed by atoms with Gasteiger partial charge in [0.2, 0.25) is 23.6 Å². The van der Waals surface area contributed by atoms with Crippen LogP contribution in [-0.2, 0) is 38.1 Å². The van der Waals surface area contributed by atoms with Gasteiger partial charge in [-0.1, -0.05) is 0 Å². The highest BCUT2D eigenvalue weighted by Crippen LogP contribution is 2.02. The average Bonchev–Trinajstić information content (AvgIpc) is 3.12. The Kier molecular flexibility index (Phi) is 30.1. The van der Waals surface area contributed by atoms with Gasteiger partial charge in [0.15, 0.2) is 0 Å². The number of hydrogen-bond acceptors (Lipinski definition) is 16. The van der Waals surface area contributed by atoms with Crippen LogP contribution in [0.3, 0.4) is 0 Å². The zero-order valence-electron chi connectivity index (χ0n) is 31.2. The summed E-state index contributed by atoms with van der Waals surface area (Å²) >= 11 is 0. The Labute approximate surface area is 309 Å². The Morgan fingerprint density at radius 3 is 0.731 bits per heavy atom. The Morgan fingerprint density at radius 1 is 0.365 bits per heavy atom. The van der Waals surface area contributed by atoms with Crippen LogP contribution in [0.5, 0.6) is 0 Å². The molecule has 1 aliphatic heterocycles. The summed E-state index contributed by atoms with van der Waals surface area (Å²) in [6.45, 7) is 10.7. The summed E-state index contributed by atoms with van der Waals surface area (Å²) < 4.78 is 21.5. The summed E-state index contributed by atoms with van der Waals surface area (Å²) in [5.74, 6) is -0.620. The SMILES string of the molecule is NCCOCCNC(=O)CN1CCN(CC(=O)NCCOCCN)CCN(CC(=O)NCCOCCN)CCN(CC(=O)NCCOCCN)CC1. The predicted molar refractivity (Wildman–Crippen MR) is 197 cm³/mol. The molecule has 0 bridgehead atoms. The second-order valence-electron chi connectivity index (χ2n) is 12.1. The molecule has 1 aliphatic rings. The lowest BCUT2D eigenvalue weighted by Gasteiger charge is -2.33. The van der Waals surface area contributed by atoms with Gasteiger partial charge in [-0.2, -0.15) is 0 Å². The first-order chi connectivity index (χ1) is 25.3. The second-order valence-corrected chi connectivity index (χ2v) is 12.1. The number of nitrogens with one attached hydrogen (secondary N) is 4. The summed E-state index contributed by atoms with van der Waals surface area (Å²) in [6.07, 6.45) is 0. The van der Waals surface area contributed by atoms with Crippen LogP contribution >= 0.6 is 0 Å². The number of rotatable bonds is 28. The number of nitrogens with two attached hydrogens (primary N) is 4. The van der Waals surface area contributed by atoms with Crippen LogP contribution in [0.4, 0.5) is 0 Å². The van der Waals surface area contributed by atoms with Crippen molar-refractivity contribution in [3.05, 3.63) is 0 Å². The molecule has 0 spiro atoms. The minimum Gasteiger partial charge on any atom is -0.378 e. The van der Waals surface area contributed by atoms with Crippen molar-refractivity contribution in [2.45, 2.75) is 0 Å². The number of ether oxygens (including phenoxy) is 4. The van der Waals surface area contributed by atoms with E-state index in [1.54, 1.807) is 0 Å². The second kappa shape index (κ2) is 33.0. The first-order valence-corrected chi connectivity index (χ1v) is 18.4. The van der Waals surface area contributed by atoms with Crippen molar-refractivity contribution in [3.63, 3.8) is 0 Å². The Morgan fingerprint density at radius 2 is 0.558 bits per heavy atom. The van der Waals surface area contributed by atoms with Crippen molar-refractivity contribution in [3.8, 4) is 0 Å². The fraction of sp³-hybridized carbons (Fsp3) is 0.875. The van der Waals surface area contributed by atoms with Crippen molar-refractivity contribution in [2.75, 3.05) is 184 Å². The van der Waals surface area contributed by atoms with Crippen LogP contribution in [-0.4, -0.2) is 227 Å². The van der Waals surface area contributed by atoms with Gasteiger partial charge in [-0.05, 0) is 0 Å². The van der Waals surface area contributed by atoms with E-state index >= 15 is 0 Å². The highest BCUT2D eigenvalue weighted by molar-refractivity contribution is 5.79. The van der Waals surface area contributed by atoms with Gasteiger partial charge in [-0.15, -0.1) is 0 Å². The number of amides is 4. The first kappa shape index (κ1) is 47.4. The fourth-order valence-electron chi connectivity index (χ4n) is 5.04. The Hall–Kier alpha value is -2.60. The van der Waals surface area contributed by atoms with Crippen molar-refractivity contribution < 1.29 is 38.1 Å². The molecule has 1 rings (SSSR count). The molecule has 0 atom stereocenters. The molecule has 12 N–H and O–H groups in total. The summed E-state index contributed by atoms with van der Waals surface area (Å²) in [5.41, 5.74) is 21.9. The lowest BCUT2D eigenvalue weighted by Crippen LogP contribution is -2.51. The van der Waals surface area contributed by atoms with Crippen LogP contribution in [0.15, 0.2) is 0 Å². The van der Waals surface area contributed by atoms with E-state index in [0.717, 1.165) is 0 Å². The van der Waals surface area contributed by atoms with Gasteiger partial charge in [-0.3, -0.25) is 38.8 Å². The number of carbonyl (C=O) groups is 4. The maximum Gasteiger partial charge on any atom is 0.234 e. The van der Waals surface area contributed by atoms with Crippen LogP contribution in [0.1, 0.15) is 0 Å². The minimum absolute atomic E-state index is 0.134. The van der Waals surface area contributed by atoms with E-state index < -0.39 is 0 Å². The maximum atomic E-state index is 12.9. The maximum absolute atomic E-state index is 12.9. The topological polar surface area (TPSA) is 270 Å². The van der Waals surface area contributed by atoms with E-state index in [1.807, 2.05) is 19.6 Å².